The van der Waals surface area contributed by atoms with Gasteiger partial charge in [-0.1, -0.05) is 47.9 Å². The molecule has 2 fully saturated rings. The third-order valence-corrected chi connectivity index (χ3v) is 8.09. The smallest absolute Gasteiger partial charge is 0.321 e. The lowest BCUT2D eigenvalue weighted by molar-refractivity contribution is -0.125. The van der Waals surface area contributed by atoms with E-state index < -0.39 is 0 Å². The monoisotopic (exact) mass is 517 g/mol. The van der Waals surface area contributed by atoms with E-state index in [1.807, 2.05) is 24.3 Å². The zero-order valence-corrected chi connectivity index (χ0v) is 21.7. The number of nitrogens with zero attached hydrogens (tertiary/aromatic N) is 2. The second-order valence-electron chi connectivity index (χ2n) is 9.53. The molecule has 0 radical (unpaired) electrons. The molecule has 1 aliphatic heterocycles. The second kappa shape index (κ2) is 11.5. The third kappa shape index (κ3) is 7.02. The molecule has 0 bridgehead atoms. The van der Waals surface area contributed by atoms with Crippen molar-refractivity contribution in [1.82, 2.24) is 20.5 Å². The standard InChI is InChI=1S/C25H32ClN5O3S/c1-15-23(16(2)32)35-25(27-15)30-24(34)29-21-6-4-3-5-18(21)12-31-13-20(28-22(33)14-31)11-17-7-9-19(26)10-8-17/h7-10,18,20-21H,3-6,11-14H2,1-2H3,(H,28,33)(H2,27,29,30,34)/t18-,20+,21+/m0/s1. The zero-order valence-electron chi connectivity index (χ0n) is 20.1. The average molecular weight is 518 g/mol. The minimum Gasteiger partial charge on any atom is -0.351 e. The van der Waals surface area contributed by atoms with E-state index in [4.69, 9.17) is 11.6 Å². The summed E-state index contributed by atoms with van der Waals surface area (Å²) in [5, 5.41) is 10.2. The first-order chi connectivity index (χ1) is 16.8. The molecule has 1 aliphatic carbocycles. The Labute approximate surface area is 214 Å². The Bertz CT molecular complexity index is 1070. The van der Waals surface area contributed by atoms with Gasteiger partial charge in [-0.25, -0.2) is 9.78 Å². The zero-order chi connectivity index (χ0) is 24.9. The van der Waals surface area contributed by atoms with Gasteiger partial charge >= 0.3 is 6.03 Å². The van der Waals surface area contributed by atoms with Crippen LogP contribution >= 0.6 is 22.9 Å². The van der Waals surface area contributed by atoms with Gasteiger partial charge in [0.25, 0.3) is 0 Å². The molecule has 3 amide bonds. The van der Waals surface area contributed by atoms with Crippen molar-refractivity contribution in [3.05, 3.63) is 45.4 Å². The minimum absolute atomic E-state index is 0.0248. The normalized spacial score (nSPS) is 22.9. The number of aryl methyl sites for hydroxylation is 1. The number of rotatable bonds is 7. The number of halogens is 1. The molecule has 8 nitrogen and oxygen atoms in total. The maximum atomic E-state index is 12.7. The van der Waals surface area contributed by atoms with E-state index in [0.717, 1.165) is 50.8 Å². The van der Waals surface area contributed by atoms with Crippen LogP contribution in [0.5, 0.6) is 0 Å². The fourth-order valence-corrected chi connectivity index (χ4v) is 6.07. The van der Waals surface area contributed by atoms with Crippen LogP contribution in [0.2, 0.25) is 5.02 Å². The Hall–Kier alpha value is -2.49. The summed E-state index contributed by atoms with van der Waals surface area (Å²) in [5.74, 6) is 0.247. The van der Waals surface area contributed by atoms with Gasteiger partial charge in [-0.3, -0.25) is 19.8 Å². The SMILES string of the molecule is CC(=O)c1sc(NC(=O)N[C@@H]2CCCC[C@H]2CN2CC(=O)N[C@H](Cc3ccc(Cl)cc3)C2)nc1C. The van der Waals surface area contributed by atoms with Crippen LogP contribution in [0.1, 0.15) is 53.5 Å². The number of urea groups is 1. The molecule has 0 unspecified atom stereocenters. The van der Waals surface area contributed by atoms with Crippen LogP contribution < -0.4 is 16.0 Å². The fraction of sp³-hybridized carbons (Fsp3) is 0.520. The Morgan fingerprint density at radius 1 is 1.23 bits per heavy atom. The van der Waals surface area contributed by atoms with Gasteiger partial charge in [0.1, 0.15) is 0 Å². The number of hydrogen-bond donors (Lipinski definition) is 3. The van der Waals surface area contributed by atoms with Crippen LogP contribution in [0.15, 0.2) is 24.3 Å². The highest BCUT2D eigenvalue weighted by atomic mass is 35.5. The van der Waals surface area contributed by atoms with E-state index in [2.05, 4.69) is 25.8 Å². The summed E-state index contributed by atoms with van der Waals surface area (Å²) in [4.78, 5) is 43.9. The number of amides is 3. The third-order valence-electron chi connectivity index (χ3n) is 6.66. The molecular weight excluding hydrogens is 486 g/mol. The number of anilines is 1. The number of Topliss-reactive ketones (excluding diaryl/α,β-unsaturated/α-hetero) is 1. The number of thiazole rings is 1. The number of carbonyl (C=O) groups is 3. The van der Waals surface area contributed by atoms with E-state index in [0.29, 0.717) is 27.3 Å². The molecule has 188 valence electrons. The summed E-state index contributed by atoms with van der Waals surface area (Å²) in [5.41, 5.74) is 1.77. The highest BCUT2D eigenvalue weighted by Gasteiger charge is 2.32. The summed E-state index contributed by atoms with van der Waals surface area (Å²) in [7, 11) is 0. The van der Waals surface area contributed by atoms with Gasteiger partial charge in [0.2, 0.25) is 5.91 Å². The van der Waals surface area contributed by atoms with Gasteiger partial charge in [-0.2, -0.15) is 0 Å². The molecule has 35 heavy (non-hydrogen) atoms. The van der Waals surface area contributed by atoms with Crippen LogP contribution in [0.4, 0.5) is 9.93 Å². The number of nitrogens with one attached hydrogen (secondary N) is 3. The molecule has 1 saturated heterocycles. The molecule has 1 aromatic heterocycles. The number of benzene rings is 1. The van der Waals surface area contributed by atoms with Crippen molar-refractivity contribution < 1.29 is 14.4 Å². The van der Waals surface area contributed by atoms with E-state index in [1.54, 1.807) is 6.92 Å². The number of carbonyl (C=O) groups excluding carboxylic acids is 3. The molecule has 2 aliphatic rings. The number of aromatic nitrogens is 1. The second-order valence-corrected chi connectivity index (χ2v) is 11.0. The largest absolute Gasteiger partial charge is 0.351 e. The predicted molar refractivity (Wildman–Crippen MR) is 138 cm³/mol. The average Bonchev–Trinajstić information content (AvgIpc) is 3.16. The summed E-state index contributed by atoms with van der Waals surface area (Å²) >= 11 is 7.19. The van der Waals surface area contributed by atoms with E-state index in [9.17, 15) is 14.4 Å². The van der Waals surface area contributed by atoms with Crippen LogP contribution in [0.3, 0.4) is 0 Å². The molecule has 4 rings (SSSR count). The van der Waals surface area contributed by atoms with Crippen LogP contribution in [-0.4, -0.2) is 59.3 Å². The maximum Gasteiger partial charge on any atom is 0.321 e. The van der Waals surface area contributed by atoms with E-state index in [1.165, 1.54) is 18.3 Å². The van der Waals surface area contributed by atoms with Crippen molar-refractivity contribution in [3.63, 3.8) is 0 Å². The van der Waals surface area contributed by atoms with Gasteiger partial charge < -0.3 is 10.6 Å². The van der Waals surface area contributed by atoms with Crippen molar-refractivity contribution in [2.75, 3.05) is 25.0 Å². The number of ketones is 1. The molecule has 2 heterocycles. The van der Waals surface area contributed by atoms with Crippen molar-refractivity contribution in [1.29, 1.82) is 0 Å². The van der Waals surface area contributed by atoms with Gasteiger partial charge in [0, 0.05) is 37.1 Å². The molecule has 1 aromatic carbocycles. The summed E-state index contributed by atoms with van der Waals surface area (Å²) < 4.78 is 0. The highest BCUT2D eigenvalue weighted by Crippen LogP contribution is 2.27. The number of hydrogen-bond acceptors (Lipinski definition) is 6. The Kier molecular flexibility index (Phi) is 8.41. The van der Waals surface area contributed by atoms with Gasteiger partial charge in [0.15, 0.2) is 10.9 Å². The lowest BCUT2D eigenvalue weighted by atomic mass is 9.84. The topological polar surface area (TPSA) is 103 Å². The molecule has 3 N–H and O–H groups in total. The Morgan fingerprint density at radius 3 is 2.69 bits per heavy atom. The number of piperazine rings is 1. The molecule has 10 heteroatoms. The van der Waals surface area contributed by atoms with Gasteiger partial charge in [0.05, 0.1) is 17.1 Å². The predicted octanol–water partition coefficient (Wildman–Crippen LogP) is 4.03. The maximum absolute atomic E-state index is 12.7. The molecule has 1 saturated carbocycles. The summed E-state index contributed by atoms with van der Waals surface area (Å²) in [6.45, 7) is 5.18. The molecule has 0 spiro atoms. The van der Waals surface area contributed by atoms with Crippen LogP contribution in [0, 0.1) is 12.8 Å². The van der Waals surface area contributed by atoms with Crippen LogP contribution in [-0.2, 0) is 11.2 Å². The first kappa shape index (κ1) is 25.6. The first-order valence-corrected chi connectivity index (χ1v) is 13.3. The summed E-state index contributed by atoms with van der Waals surface area (Å²) in [6, 6.07) is 7.50. The van der Waals surface area contributed by atoms with Crippen molar-refractivity contribution in [2.24, 2.45) is 5.92 Å². The lowest BCUT2D eigenvalue weighted by Gasteiger charge is -2.39. The first-order valence-electron chi connectivity index (χ1n) is 12.1. The van der Waals surface area contributed by atoms with Gasteiger partial charge in [-0.05, 0) is 49.8 Å². The van der Waals surface area contributed by atoms with E-state index >= 15 is 0 Å². The van der Waals surface area contributed by atoms with E-state index in [-0.39, 0.29) is 35.7 Å². The lowest BCUT2D eigenvalue weighted by Crippen LogP contribution is -2.57. The van der Waals surface area contributed by atoms with Crippen molar-refractivity contribution in [3.8, 4) is 0 Å². The summed E-state index contributed by atoms with van der Waals surface area (Å²) in [6.07, 6.45) is 4.85. The van der Waals surface area contributed by atoms with Crippen LogP contribution in [0.25, 0.3) is 0 Å². The molecule has 2 aromatic rings. The molecular formula is C25H32ClN5O3S. The van der Waals surface area contributed by atoms with Crippen molar-refractivity contribution >= 4 is 45.8 Å². The minimum atomic E-state index is -0.303. The Balaban J connectivity index is 1.34. The molecule has 3 atom stereocenters. The quantitative estimate of drug-likeness (QED) is 0.481. The van der Waals surface area contributed by atoms with Crippen molar-refractivity contribution in [2.45, 2.75) is 58.0 Å². The van der Waals surface area contributed by atoms with Gasteiger partial charge in [-0.15, -0.1) is 0 Å². The highest BCUT2D eigenvalue weighted by molar-refractivity contribution is 7.17. The fourth-order valence-electron chi connectivity index (χ4n) is 5.08. The Morgan fingerprint density at radius 2 is 1.97 bits per heavy atom.